The SMILES string of the molecule is COC(=O)c1cccc(-c2ccccc2OC2OC(CO)C(O)C(O)C2NC(C)=O)c1. The minimum Gasteiger partial charge on any atom is -0.465 e. The fraction of sp³-hybridized carbons (Fsp3) is 0.364. The number of benzene rings is 2. The Labute approximate surface area is 179 Å². The van der Waals surface area contributed by atoms with E-state index in [0.717, 1.165) is 0 Å². The van der Waals surface area contributed by atoms with Crippen molar-refractivity contribution in [1.29, 1.82) is 0 Å². The number of nitrogens with one attached hydrogen (secondary N) is 1. The molecule has 0 saturated carbocycles. The van der Waals surface area contributed by atoms with Crippen LogP contribution in [0.2, 0.25) is 0 Å². The molecule has 0 spiro atoms. The van der Waals surface area contributed by atoms with E-state index in [1.165, 1.54) is 14.0 Å². The molecule has 5 unspecified atom stereocenters. The third kappa shape index (κ3) is 5.02. The molecule has 2 aromatic rings. The zero-order chi connectivity index (χ0) is 22.5. The van der Waals surface area contributed by atoms with E-state index in [2.05, 4.69) is 5.32 Å². The van der Waals surface area contributed by atoms with Gasteiger partial charge in [0.25, 0.3) is 0 Å². The van der Waals surface area contributed by atoms with Crippen LogP contribution < -0.4 is 10.1 Å². The maximum Gasteiger partial charge on any atom is 0.337 e. The largest absolute Gasteiger partial charge is 0.465 e. The molecule has 1 saturated heterocycles. The zero-order valence-corrected chi connectivity index (χ0v) is 17.1. The number of ether oxygens (including phenoxy) is 3. The van der Waals surface area contributed by atoms with Gasteiger partial charge in [0.05, 0.1) is 19.3 Å². The normalized spacial score (nSPS) is 25.5. The molecule has 1 aliphatic rings. The van der Waals surface area contributed by atoms with Crippen LogP contribution in [0.5, 0.6) is 5.75 Å². The van der Waals surface area contributed by atoms with E-state index in [1.807, 2.05) is 0 Å². The molecule has 0 radical (unpaired) electrons. The molecular weight excluding hydrogens is 406 g/mol. The van der Waals surface area contributed by atoms with Gasteiger partial charge < -0.3 is 34.8 Å². The van der Waals surface area contributed by atoms with Gasteiger partial charge in [0, 0.05) is 12.5 Å². The number of hydrogen-bond donors (Lipinski definition) is 4. The molecule has 166 valence electrons. The maximum absolute atomic E-state index is 11.9. The number of carbonyl (C=O) groups is 2. The highest BCUT2D eigenvalue weighted by Crippen LogP contribution is 2.33. The number of methoxy groups -OCH3 is 1. The van der Waals surface area contributed by atoms with E-state index in [-0.39, 0.29) is 0 Å². The van der Waals surface area contributed by atoms with Gasteiger partial charge >= 0.3 is 5.97 Å². The molecule has 0 aromatic heterocycles. The molecule has 0 aliphatic carbocycles. The predicted molar refractivity (Wildman–Crippen MR) is 109 cm³/mol. The fourth-order valence-electron chi connectivity index (χ4n) is 3.44. The first kappa shape index (κ1) is 22.7. The number of carbonyl (C=O) groups excluding carboxylic acids is 2. The summed E-state index contributed by atoms with van der Waals surface area (Å²) in [4.78, 5) is 23.5. The highest BCUT2D eigenvalue weighted by Gasteiger charge is 2.46. The van der Waals surface area contributed by atoms with Crippen LogP contribution in [0, 0.1) is 0 Å². The average molecular weight is 431 g/mol. The van der Waals surface area contributed by atoms with Crippen LogP contribution in [0.1, 0.15) is 17.3 Å². The lowest BCUT2D eigenvalue weighted by Gasteiger charge is -2.42. The summed E-state index contributed by atoms with van der Waals surface area (Å²) in [6.07, 6.45) is -5.12. The van der Waals surface area contributed by atoms with Crippen LogP contribution in [-0.4, -0.2) is 71.6 Å². The number of para-hydroxylation sites is 1. The molecule has 1 amide bonds. The second kappa shape index (κ2) is 9.88. The number of aliphatic hydroxyl groups is 3. The van der Waals surface area contributed by atoms with Crippen molar-refractivity contribution in [3.63, 3.8) is 0 Å². The Morgan fingerprint density at radius 2 is 1.84 bits per heavy atom. The lowest BCUT2D eigenvalue weighted by Crippen LogP contribution is -2.65. The van der Waals surface area contributed by atoms with Crippen LogP contribution in [-0.2, 0) is 14.3 Å². The van der Waals surface area contributed by atoms with Crippen molar-refractivity contribution in [2.24, 2.45) is 0 Å². The number of hydrogen-bond acceptors (Lipinski definition) is 8. The number of esters is 1. The van der Waals surface area contributed by atoms with E-state index in [1.54, 1.807) is 48.5 Å². The van der Waals surface area contributed by atoms with E-state index in [4.69, 9.17) is 14.2 Å². The quantitative estimate of drug-likeness (QED) is 0.485. The van der Waals surface area contributed by atoms with Gasteiger partial charge in [-0.25, -0.2) is 4.79 Å². The van der Waals surface area contributed by atoms with Gasteiger partial charge in [-0.05, 0) is 23.8 Å². The van der Waals surface area contributed by atoms with Crippen molar-refractivity contribution in [2.45, 2.75) is 37.6 Å². The van der Waals surface area contributed by atoms with Crippen LogP contribution in [0.25, 0.3) is 11.1 Å². The Hall–Kier alpha value is -2.98. The highest BCUT2D eigenvalue weighted by molar-refractivity contribution is 5.91. The average Bonchev–Trinajstić information content (AvgIpc) is 2.78. The van der Waals surface area contributed by atoms with Gasteiger partial charge in [-0.2, -0.15) is 0 Å². The summed E-state index contributed by atoms with van der Waals surface area (Å²) < 4.78 is 16.4. The Morgan fingerprint density at radius 1 is 1.10 bits per heavy atom. The first-order valence-corrected chi connectivity index (χ1v) is 9.69. The maximum atomic E-state index is 11.9. The van der Waals surface area contributed by atoms with Gasteiger partial charge in [0.2, 0.25) is 12.2 Å². The van der Waals surface area contributed by atoms with Crippen LogP contribution in [0.4, 0.5) is 0 Å². The number of amides is 1. The van der Waals surface area contributed by atoms with Gasteiger partial charge in [-0.15, -0.1) is 0 Å². The van der Waals surface area contributed by atoms with Crippen molar-refractivity contribution < 1.29 is 39.1 Å². The van der Waals surface area contributed by atoms with Gasteiger partial charge in [-0.1, -0.05) is 30.3 Å². The predicted octanol–water partition coefficient (Wildman–Crippen LogP) is 0.463. The van der Waals surface area contributed by atoms with Crippen LogP contribution in [0.3, 0.4) is 0 Å². The highest BCUT2D eigenvalue weighted by atomic mass is 16.7. The van der Waals surface area contributed by atoms with Crippen LogP contribution >= 0.6 is 0 Å². The molecule has 1 heterocycles. The van der Waals surface area contributed by atoms with E-state index < -0.39 is 49.1 Å². The van der Waals surface area contributed by atoms with E-state index >= 15 is 0 Å². The second-order valence-corrected chi connectivity index (χ2v) is 7.12. The molecule has 9 heteroatoms. The molecule has 2 aromatic carbocycles. The van der Waals surface area contributed by atoms with E-state index in [9.17, 15) is 24.9 Å². The third-order valence-electron chi connectivity index (χ3n) is 4.98. The standard InChI is InChI=1S/C22H25NO8/c1-12(25)23-18-20(27)19(26)17(11-24)31-22(18)30-16-9-4-3-8-15(16)13-6-5-7-14(10-13)21(28)29-2/h3-10,17-20,22,24,26-27H,11H2,1-2H3,(H,23,25). The first-order chi connectivity index (χ1) is 14.8. The summed E-state index contributed by atoms with van der Waals surface area (Å²) >= 11 is 0. The smallest absolute Gasteiger partial charge is 0.337 e. The van der Waals surface area contributed by atoms with Gasteiger partial charge in [0.1, 0.15) is 30.1 Å². The molecular formula is C22H25NO8. The Balaban J connectivity index is 1.95. The molecule has 3 rings (SSSR count). The number of aliphatic hydroxyl groups excluding tert-OH is 3. The molecule has 5 atom stereocenters. The molecule has 31 heavy (non-hydrogen) atoms. The van der Waals surface area contributed by atoms with Gasteiger partial charge in [0.15, 0.2) is 0 Å². The molecule has 0 bridgehead atoms. The van der Waals surface area contributed by atoms with Crippen molar-refractivity contribution >= 4 is 11.9 Å². The summed E-state index contributed by atoms with van der Waals surface area (Å²) in [7, 11) is 1.30. The topological polar surface area (TPSA) is 135 Å². The first-order valence-electron chi connectivity index (χ1n) is 9.69. The van der Waals surface area contributed by atoms with Crippen LogP contribution in [0.15, 0.2) is 48.5 Å². The van der Waals surface area contributed by atoms with Gasteiger partial charge in [-0.3, -0.25) is 4.79 Å². The monoisotopic (exact) mass is 431 g/mol. The summed E-state index contributed by atoms with van der Waals surface area (Å²) in [5, 5.41) is 32.6. The molecule has 1 aliphatic heterocycles. The minimum absolute atomic E-state index is 0.352. The van der Waals surface area contributed by atoms with E-state index in [0.29, 0.717) is 22.4 Å². The summed E-state index contributed by atoms with van der Waals surface area (Å²) in [6.45, 7) is 0.717. The summed E-state index contributed by atoms with van der Waals surface area (Å²) in [6, 6.07) is 12.6. The fourth-order valence-corrected chi connectivity index (χ4v) is 3.44. The molecule has 4 N–H and O–H groups in total. The minimum atomic E-state index is -1.42. The van der Waals surface area contributed by atoms with Crippen molar-refractivity contribution in [3.05, 3.63) is 54.1 Å². The lowest BCUT2D eigenvalue weighted by atomic mass is 9.96. The third-order valence-corrected chi connectivity index (χ3v) is 4.98. The van der Waals surface area contributed by atoms with Crippen molar-refractivity contribution in [1.82, 2.24) is 5.32 Å². The molecule has 1 fully saturated rings. The Kier molecular flexibility index (Phi) is 7.24. The lowest BCUT2D eigenvalue weighted by molar-refractivity contribution is -0.244. The Bertz CT molecular complexity index is 933. The van der Waals surface area contributed by atoms with Crippen molar-refractivity contribution in [2.75, 3.05) is 13.7 Å². The zero-order valence-electron chi connectivity index (χ0n) is 17.1. The Morgan fingerprint density at radius 3 is 2.52 bits per heavy atom. The summed E-state index contributed by atoms with van der Waals surface area (Å²) in [5.74, 6) is -0.579. The number of rotatable bonds is 6. The van der Waals surface area contributed by atoms with Crippen molar-refractivity contribution in [3.8, 4) is 16.9 Å². The second-order valence-electron chi connectivity index (χ2n) is 7.12. The molecule has 9 nitrogen and oxygen atoms in total. The summed E-state index contributed by atoms with van der Waals surface area (Å²) in [5.41, 5.74) is 1.66.